The summed E-state index contributed by atoms with van der Waals surface area (Å²) in [6.45, 7) is 3.83. The Kier molecular flexibility index (Phi) is 6.02. The van der Waals surface area contributed by atoms with Crippen LogP contribution >= 0.6 is 0 Å². The predicted octanol–water partition coefficient (Wildman–Crippen LogP) is 3.21. The Balaban J connectivity index is 1.60. The standard InChI is InChI=1S/C23H27NO5/c1-3-27-23(25)21-18(17-8-9-19-20(12-17)29-14-28-19)13-24-22(21)16-6-4-15(5-7-16)10-11-26-2/h4-9,12,18,21-22,24H,3,10-11,13-14H2,1-2H3/t18-,21-,22+/m1/s1. The van der Waals surface area contributed by atoms with Crippen molar-refractivity contribution < 1.29 is 23.7 Å². The Labute approximate surface area is 171 Å². The minimum absolute atomic E-state index is 0.00159. The van der Waals surface area contributed by atoms with Crippen molar-refractivity contribution >= 4 is 5.97 Å². The third-order valence-corrected chi connectivity index (χ3v) is 5.67. The van der Waals surface area contributed by atoms with Gasteiger partial charge in [0.25, 0.3) is 0 Å². The zero-order valence-corrected chi connectivity index (χ0v) is 16.9. The number of hydrogen-bond acceptors (Lipinski definition) is 6. The number of fused-ring (bicyclic) bond motifs is 1. The van der Waals surface area contributed by atoms with Gasteiger partial charge < -0.3 is 24.3 Å². The van der Waals surface area contributed by atoms with Crippen LogP contribution in [-0.4, -0.2) is 39.6 Å². The highest BCUT2D eigenvalue weighted by Crippen LogP contribution is 2.43. The maximum atomic E-state index is 12.9. The number of nitrogens with one attached hydrogen (secondary N) is 1. The highest BCUT2D eigenvalue weighted by molar-refractivity contribution is 5.76. The first kappa shape index (κ1) is 19.7. The smallest absolute Gasteiger partial charge is 0.311 e. The molecule has 2 heterocycles. The fraction of sp³-hybridized carbons (Fsp3) is 0.435. The van der Waals surface area contributed by atoms with Gasteiger partial charge in [0.2, 0.25) is 6.79 Å². The van der Waals surface area contributed by atoms with E-state index in [4.69, 9.17) is 18.9 Å². The summed E-state index contributed by atoms with van der Waals surface area (Å²) < 4.78 is 21.6. The lowest BCUT2D eigenvalue weighted by atomic mass is 9.82. The second-order valence-corrected chi connectivity index (χ2v) is 7.37. The summed E-state index contributed by atoms with van der Waals surface area (Å²) in [5, 5.41) is 3.54. The molecule has 0 saturated carbocycles. The van der Waals surface area contributed by atoms with Crippen molar-refractivity contribution in [1.82, 2.24) is 5.32 Å². The first-order valence-electron chi connectivity index (χ1n) is 10.1. The van der Waals surface area contributed by atoms with Crippen molar-refractivity contribution in [2.45, 2.75) is 25.3 Å². The lowest BCUT2D eigenvalue weighted by Crippen LogP contribution is -2.27. The number of carbonyl (C=O) groups is 1. The van der Waals surface area contributed by atoms with Gasteiger partial charge in [-0.05, 0) is 42.2 Å². The van der Waals surface area contributed by atoms with Gasteiger partial charge in [0.15, 0.2) is 11.5 Å². The molecule has 1 saturated heterocycles. The minimum Gasteiger partial charge on any atom is -0.466 e. The fourth-order valence-corrected chi connectivity index (χ4v) is 4.18. The van der Waals surface area contributed by atoms with Gasteiger partial charge in [0.1, 0.15) is 0 Å². The summed E-state index contributed by atoms with van der Waals surface area (Å²) in [4.78, 5) is 12.9. The van der Waals surface area contributed by atoms with Gasteiger partial charge >= 0.3 is 5.97 Å². The van der Waals surface area contributed by atoms with Crippen LogP contribution in [0.3, 0.4) is 0 Å². The molecule has 154 valence electrons. The molecule has 0 bridgehead atoms. The molecule has 0 unspecified atom stereocenters. The SMILES string of the molecule is CCOC(=O)[C@@H]1[C@@H](c2ccc3c(c2)OCO3)CN[C@H]1c1ccc(CCOC)cc1. The van der Waals surface area contributed by atoms with Crippen molar-refractivity contribution in [2.24, 2.45) is 5.92 Å². The van der Waals surface area contributed by atoms with Crippen LogP contribution in [0.5, 0.6) is 11.5 Å². The summed E-state index contributed by atoms with van der Waals surface area (Å²) >= 11 is 0. The van der Waals surface area contributed by atoms with E-state index < -0.39 is 0 Å². The number of hydrogen-bond donors (Lipinski definition) is 1. The summed E-state index contributed by atoms with van der Waals surface area (Å²) in [7, 11) is 1.71. The van der Waals surface area contributed by atoms with Gasteiger partial charge in [-0.25, -0.2) is 0 Å². The van der Waals surface area contributed by atoms with E-state index in [0.29, 0.717) is 19.8 Å². The highest BCUT2D eigenvalue weighted by Gasteiger charge is 2.43. The molecule has 0 aromatic heterocycles. The van der Waals surface area contributed by atoms with Gasteiger partial charge in [-0.3, -0.25) is 4.79 Å². The second-order valence-electron chi connectivity index (χ2n) is 7.37. The Morgan fingerprint density at radius 3 is 2.62 bits per heavy atom. The van der Waals surface area contributed by atoms with Gasteiger partial charge in [-0.15, -0.1) is 0 Å². The number of rotatable bonds is 7. The topological polar surface area (TPSA) is 66.0 Å². The molecule has 0 radical (unpaired) electrons. The Morgan fingerprint density at radius 2 is 1.86 bits per heavy atom. The summed E-state index contributed by atoms with van der Waals surface area (Å²) in [5.41, 5.74) is 3.36. The zero-order valence-electron chi connectivity index (χ0n) is 16.9. The van der Waals surface area contributed by atoms with Crippen molar-refractivity contribution in [3.63, 3.8) is 0 Å². The van der Waals surface area contributed by atoms with Gasteiger partial charge in [0, 0.05) is 25.6 Å². The van der Waals surface area contributed by atoms with E-state index in [-0.39, 0.29) is 30.6 Å². The first-order valence-corrected chi connectivity index (χ1v) is 10.1. The van der Waals surface area contributed by atoms with Gasteiger partial charge in [-0.1, -0.05) is 30.3 Å². The van der Waals surface area contributed by atoms with Crippen molar-refractivity contribution in [3.8, 4) is 11.5 Å². The first-order chi connectivity index (χ1) is 14.2. The van der Waals surface area contributed by atoms with Crippen molar-refractivity contribution in [1.29, 1.82) is 0 Å². The van der Waals surface area contributed by atoms with Crippen LogP contribution in [0.25, 0.3) is 0 Å². The molecule has 29 heavy (non-hydrogen) atoms. The molecule has 4 rings (SSSR count). The maximum Gasteiger partial charge on any atom is 0.311 e. The van der Waals surface area contributed by atoms with Crippen LogP contribution in [0.4, 0.5) is 0 Å². The molecule has 0 spiro atoms. The molecule has 2 aliphatic heterocycles. The Morgan fingerprint density at radius 1 is 1.10 bits per heavy atom. The highest BCUT2D eigenvalue weighted by atomic mass is 16.7. The average molecular weight is 397 g/mol. The van der Waals surface area contributed by atoms with Crippen LogP contribution in [-0.2, 0) is 20.7 Å². The van der Waals surface area contributed by atoms with Crippen molar-refractivity contribution in [3.05, 3.63) is 59.2 Å². The third kappa shape index (κ3) is 4.09. The summed E-state index contributed by atoms with van der Waals surface area (Å²) in [6.07, 6.45) is 0.871. The molecule has 3 atom stereocenters. The molecule has 6 heteroatoms. The zero-order chi connectivity index (χ0) is 20.2. The largest absolute Gasteiger partial charge is 0.466 e. The van der Waals surface area contributed by atoms with E-state index in [2.05, 4.69) is 29.6 Å². The van der Waals surface area contributed by atoms with E-state index >= 15 is 0 Å². The molecule has 1 fully saturated rings. The maximum absolute atomic E-state index is 12.9. The molecule has 2 aromatic carbocycles. The van der Waals surface area contributed by atoms with E-state index in [0.717, 1.165) is 29.0 Å². The molecule has 0 amide bonds. The number of esters is 1. The average Bonchev–Trinajstić information content (AvgIpc) is 3.39. The van der Waals surface area contributed by atoms with E-state index in [1.807, 2.05) is 25.1 Å². The fourth-order valence-electron chi connectivity index (χ4n) is 4.18. The van der Waals surface area contributed by atoms with Crippen LogP contribution in [0.1, 0.15) is 35.6 Å². The second kappa shape index (κ2) is 8.84. The number of benzene rings is 2. The summed E-state index contributed by atoms with van der Waals surface area (Å²) in [5.74, 6) is 1.00. The molecule has 0 aliphatic carbocycles. The molecular weight excluding hydrogens is 370 g/mol. The molecule has 2 aliphatic rings. The van der Waals surface area contributed by atoms with Crippen molar-refractivity contribution in [2.75, 3.05) is 33.7 Å². The molecule has 6 nitrogen and oxygen atoms in total. The summed E-state index contributed by atoms with van der Waals surface area (Å²) in [6, 6.07) is 14.2. The molecule has 1 N–H and O–H groups in total. The van der Waals surface area contributed by atoms with E-state index in [9.17, 15) is 4.79 Å². The van der Waals surface area contributed by atoms with Gasteiger partial charge in [0.05, 0.1) is 19.1 Å². The quantitative estimate of drug-likeness (QED) is 0.724. The van der Waals surface area contributed by atoms with E-state index in [1.54, 1.807) is 7.11 Å². The van der Waals surface area contributed by atoms with Crippen LogP contribution in [0, 0.1) is 5.92 Å². The number of methoxy groups -OCH3 is 1. The molecular formula is C23H27NO5. The van der Waals surface area contributed by atoms with Crippen LogP contribution < -0.4 is 14.8 Å². The van der Waals surface area contributed by atoms with Gasteiger partial charge in [-0.2, -0.15) is 0 Å². The molecule has 2 aromatic rings. The normalized spacial score (nSPS) is 22.6. The lowest BCUT2D eigenvalue weighted by Gasteiger charge is -2.23. The van der Waals surface area contributed by atoms with Crippen LogP contribution in [0.15, 0.2) is 42.5 Å². The number of carbonyl (C=O) groups excluding carboxylic acids is 1. The predicted molar refractivity (Wildman–Crippen MR) is 108 cm³/mol. The minimum atomic E-state index is -0.305. The van der Waals surface area contributed by atoms with Crippen LogP contribution in [0.2, 0.25) is 0 Å². The number of ether oxygens (including phenoxy) is 4. The monoisotopic (exact) mass is 397 g/mol. The van der Waals surface area contributed by atoms with E-state index in [1.165, 1.54) is 5.56 Å². The Bertz CT molecular complexity index is 851. The Hall–Kier alpha value is -2.57. The third-order valence-electron chi connectivity index (χ3n) is 5.67. The lowest BCUT2D eigenvalue weighted by molar-refractivity contribution is -0.148.